The molecule has 3 nitrogen and oxygen atoms in total. The lowest BCUT2D eigenvalue weighted by molar-refractivity contribution is -0.130. The SMILES string of the molecule is CC(C)C(=O)N(C)C(=O)c1ccc(F)cc1. The smallest absolute Gasteiger partial charge is 0.260 e. The highest BCUT2D eigenvalue weighted by atomic mass is 19.1. The number of rotatable bonds is 2. The van der Waals surface area contributed by atoms with E-state index in [1.165, 1.54) is 31.3 Å². The second-order valence-electron chi connectivity index (χ2n) is 3.86. The summed E-state index contributed by atoms with van der Waals surface area (Å²) in [5, 5.41) is 0. The van der Waals surface area contributed by atoms with Gasteiger partial charge in [-0.2, -0.15) is 0 Å². The summed E-state index contributed by atoms with van der Waals surface area (Å²) >= 11 is 0. The largest absolute Gasteiger partial charge is 0.281 e. The van der Waals surface area contributed by atoms with Crippen LogP contribution in [-0.4, -0.2) is 23.8 Å². The van der Waals surface area contributed by atoms with E-state index < -0.39 is 11.7 Å². The summed E-state index contributed by atoms with van der Waals surface area (Å²) < 4.78 is 12.6. The Balaban J connectivity index is 2.86. The molecule has 0 heterocycles. The molecule has 0 aliphatic carbocycles. The highest BCUT2D eigenvalue weighted by molar-refractivity contribution is 6.04. The second kappa shape index (κ2) is 4.88. The molecule has 1 aromatic rings. The number of carbonyl (C=O) groups is 2. The fourth-order valence-electron chi connectivity index (χ4n) is 1.27. The molecular formula is C12H14FNO2. The summed E-state index contributed by atoms with van der Waals surface area (Å²) in [5.41, 5.74) is 0.304. The summed E-state index contributed by atoms with van der Waals surface area (Å²) in [4.78, 5) is 24.4. The van der Waals surface area contributed by atoms with Crippen LogP contribution in [0.25, 0.3) is 0 Å². The molecule has 0 fully saturated rings. The topological polar surface area (TPSA) is 37.4 Å². The molecule has 0 atom stereocenters. The molecule has 0 saturated carbocycles. The average molecular weight is 223 g/mol. The molecule has 1 rings (SSSR count). The van der Waals surface area contributed by atoms with Gasteiger partial charge in [0.2, 0.25) is 5.91 Å². The Morgan fingerprint density at radius 2 is 1.69 bits per heavy atom. The summed E-state index contributed by atoms with van der Waals surface area (Å²) in [6.45, 7) is 3.44. The van der Waals surface area contributed by atoms with Crippen molar-refractivity contribution in [2.75, 3.05) is 7.05 Å². The number of amides is 2. The van der Waals surface area contributed by atoms with Crippen molar-refractivity contribution in [3.63, 3.8) is 0 Å². The number of benzene rings is 1. The standard InChI is InChI=1S/C12H14FNO2/c1-8(2)11(15)14(3)12(16)9-4-6-10(13)7-5-9/h4-8H,1-3H3. The number of nitrogens with zero attached hydrogens (tertiary/aromatic N) is 1. The fourth-order valence-corrected chi connectivity index (χ4v) is 1.27. The molecule has 0 aliphatic rings. The molecule has 0 aromatic heterocycles. The first-order valence-corrected chi connectivity index (χ1v) is 5.01. The molecule has 0 N–H and O–H groups in total. The van der Waals surface area contributed by atoms with Crippen molar-refractivity contribution < 1.29 is 14.0 Å². The van der Waals surface area contributed by atoms with E-state index in [0.717, 1.165) is 4.90 Å². The molecule has 0 radical (unpaired) electrons. The number of imide groups is 1. The van der Waals surface area contributed by atoms with E-state index in [0.29, 0.717) is 5.56 Å². The van der Waals surface area contributed by atoms with Crippen LogP contribution in [0.4, 0.5) is 4.39 Å². The Hall–Kier alpha value is -1.71. The van der Waals surface area contributed by atoms with Gasteiger partial charge in [-0.3, -0.25) is 14.5 Å². The van der Waals surface area contributed by atoms with Crippen molar-refractivity contribution in [1.29, 1.82) is 0 Å². The van der Waals surface area contributed by atoms with E-state index in [9.17, 15) is 14.0 Å². The normalized spacial score (nSPS) is 10.3. The minimum Gasteiger partial charge on any atom is -0.281 e. The number of halogens is 1. The minimum atomic E-state index is -0.418. The predicted octanol–water partition coefficient (Wildman–Crippen LogP) is 2.08. The van der Waals surface area contributed by atoms with Gasteiger partial charge in [-0.1, -0.05) is 13.8 Å². The zero-order chi connectivity index (χ0) is 12.3. The van der Waals surface area contributed by atoms with Gasteiger partial charge in [0, 0.05) is 18.5 Å². The first-order valence-electron chi connectivity index (χ1n) is 5.01. The third-order valence-electron chi connectivity index (χ3n) is 2.22. The molecular weight excluding hydrogens is 209 g/mol. The van der Waals surface area contributed by atoms with Gasteiger partial charge in [0.05, 0.1) is 0 Å². The third kappa shape index (κ3) is 2.66. The fraction of sp³-hybridized carbons (Fsp3) is 0.333. The van der Waals surface area contributed by atoms with Gasteiger partial charge in [0.1, 0.15) is 5.82 Å². The molecule has 4 heteroatoms. The van der Waals surface area contributed by atoms with Gasteiger partial charge in [0.25, 0.3) is 5.91 Å². The maximum Gasteiger partial charge on any atom is 0.260 e. The van der Waals surface area contributed by atoms with Crippen molar-refractivity contribution in [3.8, 4) is 0 Å². The monoisotopic (exact) mass is 223 g/mol. The summed E-state index contributed by atoms with van der Waals surface area (Å²) in [6.07, 6.45) is 0. The predicted molar refractivity (Wildman–Crippen MR) is 58.3 cm³/mol. The van der Waals surface area contributed by atoms with E-state index in [2.05, 4.69) is 0 Å². The van der Waals surface area contributed by atoms with Gasteiger partial charge < -0.3 is 0 Å². The zero-order valence-electron chi connectivity index (χ0n) is 9.53. The van der Waals surface area contributed by atoms with E-state index in [4.69, 9.17) is 0 Å². The van der Waals surface area contributed by atoms with Gasteiger partial charge in [-0.05, 0) is 24.3 Å². The van der Waals surface area contributed by atoms with Crippen LogP contribution >= 0.6 is 0 Å². The molecule has 0 saturated heterocycles. The maximum atomic E-state index is 12.6. The molecule has 0 unspecified atom stereocenters. The zero-order valence-corrected chi connectivity index (χ0v) is 9.53. The number of carbonyl (C=O) groups excluding carboxylic acids is 2. The van der Waals surface area contributed by atoms with E-state index in [1.54, 1.807) is 13.8 Å². The molecule has 86 valence electrons. The molecule has 2 amide bonds. The van der Waals surface area contributed by atoms with Crippen molar-refractivity contribution in [3.05, 3.63) is 35.6 Å². The Morgan fingerprint density at radius 1 is 1.19 bits per heavy atom. The molecule has 1 aromatic carbocycles. The molecule has 16 heavy (non-hydrogen) atoms. The van der Waals surface area contributed by atoms with Crippen LogP contribution in [0.3, 0.4) is 0 Å². The van der Waals surface area contributed by atoms with Gasteiger partial charge in [-0.25, -0.2) is 4.39 Å². The van der Waals surface area contributed by atoms with E-state index in [-0.39, 0.29) is 11.8 Å². The summed E-state index contributed by atoms with van der Waals surface area (Å²) in [7, 11) is 1.42. The van der Waals surface area contributed by atoms with Crippen molar-refractivity contribution in [1.82, 2.24) is 4.90 Å². The van der Waals surface area contributed by atoms with E-state index >= 15 is 0 Å². The average Bonchev–Trinajstić information content (AvgIpc) is 2.27. The van der Waals surface area contributed by atoms with Crippen LogP contribution in [0.5, 0.6) is 0 Å². The first-order chi connectivity index (χ1) is 7.43. The highest BCUT2D eigenvalue weighted by Gasteiger charge is 2.20. The van der Waals surface area contributed by atoms with Crippen LogP contribution in [0.15, 0.2) is 24.3 Å². The number of hydrogen-bond acceptors (Lipinski definition) is 2. The Kier molecular flexibility index (Phi) is 3.77. The van der Waals surface area contributed by atoms with Gasteiger partial charge in [0.15, 0.2) is 0 Å². The maximum absolute atomic E-state index is 12.6. The van der Waals surface area contributed by atoms with Crippen molar-refractivity contribution >= 4 is 11.8 Å². The van der Waals surface area contributed by atoms with Crippen molar-refractivity contribution in [2.45, 2.75) is 13.8 Å². The van der Waals surface area contributed by atoms with Gasteiger partial charge in [-0.15, -0.1) is 0 Å². The summed E-state index contributed by atoms with van der Waals surface area (Å²) in [5.74, 6) is -1.32. The van der Waals surface area contributed by atoms with Crippen molar-refractivity contribution in [2.24, 2.45) is 5.92 Å². The summed E-state index contributed by atoms with van der Waals surface area (Å²) in [6, 6.07) is 5.12. The Labute approximate surface area is 93.9 Å². The lowest BCUT2D eigenvalue weighted by atomic mass is 10.1. The van der Waals surface area contributed by atoms with E-state index in [1.807, 2.05) is 0 Å². The molecule has 0 bridgehead atoms. The van der Waals surface area contributed by atoms with Crippen LogP contribution < -0.4 is 0 Å². The van der Waals surface area contributed by atoms with Crippen LogP contribution in [0, 0.1) is 11.7 Å². The molecule has 0 spiro atoms. The Bertz CT molecular complexity index is 398. The molecule has 0 aliphatic heterocycles. The quantitative estimate of drug-likeness (QED) is 0.769. The van der Waals surface area contributed by atoms with Crippen LogP contribution in [-0.2, 0) is 4.79 Å². The Morgan fingerprint density at radius 3 is 2.12 bits per heavy atom. The highest BCUT2D eigenvalue weighted by Crippen LogP contribution is 2.08. The van der Waals surface area contributed by atoms with Gasteiger partial charge >= 0.3 is 0 Å². The number of hydrogen-bond donors (Lipinski definition) is 0. The van der Waals surface area contributed by atoms with Crippen LogP contribution in [0.1, 0.15) is 24.2 Å². The minimum absolute atomic E-state index is 0.241. The lowest BCUT2D eigenvalue weighted by Gasteiger charge is -2.17. The van der Waals surface area contributed by atoms with Crippen LogP contribution in [0.2, 0.25) is 0 Å². The first kappa shape index (κ1) is 12.4. The third-order valence-corrected chi connectivity index (χ3v) is 2.22. The lowest BCUT2D eigenvalue weighted by Crippen LogP contribution is -2.35. The second-order valence-corrected chi connectivity index (χ2v) is 3.86.